The van der Waals surface area contributed by atoms with Crippen molar-refractivity contribution in [2.45, 2.75) is 0 Å². The van der Waals surface area contributed by atoms with Gasteiger partial charge in [-0.25, -0.2) is 8.42 Å². The predicted molar refractivity (Wildman–Crippen MR) is 86.9 cm³/mol. The molecule has 1 aromatic heterocycles. The third-order valence-corrected chi connectivity index (χ3v) is 5.28. The molecule has 1 aromatic carbocycles. The zero-order valence-electron chi connectivity index (χ0n) is 12.7. The number of para-hydroxylation sites is 1. The molecule has 0 atom stereocenters. The smallest absolute Gasteiger partial charge is 0.254 e. The van der Waals surface area contributed by atoms with Crippen LogP contribution in [0.1, 0.15) is 10.4 Å². The molecule has 1 fully saturated rings. The van der Waals surface area contributed by atoms with Gasteiger partial charge in [-0.1, -0.05) is 18.2 Å². The first kappa shape index (κ1) is 15.7. The number of piperazine rings is 1. The van der Waals surface area contributed by atoms with Crippen molar-refractivity contribution < 1.29 is 13.2 Å². The van der Waals surface area contributed by atoms with Gasteiger partial charge in [-0.15, -0.1) is 0 Å². The number of H-pyrrole nitrogens is 1. The number of amides is 1. The van der Waals surface area contributed by atoms with Crippen molar-refractivity contribution in [3.05, 3.63) is 46.2 Å². The van der Waals surface area contributed by atoms with Gasteiger partial charge in [-0.3, -0.25) is 9.59 Å². The molecule has 23 heavy (non-hydrogen) atoms. The largest absolute Gasteiger partial charge is 0.336 e. The number of carbonyl (C=O) groups is 1. The lowest BCUT2D eigenvalue weighted by Crippen LogP contribution is -2.50. The number of sulfonamides is 1. The Labute approximate surface area is 133 Å². The highest BCUT2D eigenvalue weighted by atomic mass is 32.2. The second-order valence-electron chi connectivity index (χ2n) is 5.55. The molecule has 8 heteroatoms. The summed E-state index contributed by atoms with van der Waals surface area (Å²) in [6.45, 7) is 1.16. The first-order valence-electron chi connectivity index (χ1n) is 7.23. The number of pyridine rings is 1. The second-order valence-corrected chi connectivity index (χ2v) is 7.53. The van der Waals surface area contributed by atoms with E-state index in [1.165, 1.54) is 10.4 Å². The van der Waals surface area contributed by atoms with Crippen LogP contribution in [0.2, 0.25) is 0 Å². The summed E-state index contributed by atoms with van der Waals surface area (Å²) >= 11 is 0. The summed E-state index contributed by atoms with van der Waals surface area (Å²) in [4.78, 5) is 28.8. The van der Waals surface area contributed by atoms with Crippen LogP contribution < -0.4 is 5.56 Å². The molecule has 2 heterocycles. The van der Waals surface area contributed by atoms with Gasteiger partial charge in [-0.2, -0.15) is 4.31 Å². The SMILES string of the molecule is CS(=O)(=O)N1CCN(C(=O)c2cc(=O)[nH]c3ccccc23)CC1. The number of rotatable bonds is 2. The van der Waals surface area contributed by atoms with Crippen LogP contribution in [0.25, 0.3) is 10.9 Å². The molecular weight excluding hydrogens is 318 g/mol. The van der Waals surface area contributed by atoms with E-state index in [0.717, 1.165) is 6.26 Å². The first-order valence-corrected chi connectivity index (χ1v) is 9.07. The maximum absolute atomic E-state index is 12.7. The lowest BCUT2D eigenvalue weighted by Gasteiger charge is -2.33. The maximum atomic E-state index is 12.7. The third kappa shape index (κ3) is 3.13. The minimum absolute atomic E-state index is 0.250. The van der Waals surface area contributed by atoms with E-state index >= 15 is 0 Å². The number of aromatic amines is 1. The molecule has 1 amide bonds. The Morgan fingerprint density at radius 1 is 1.13 bits per heavy atom. The van der Waals surface area contributed by atoms with E-state index in [-0.39, 0.29) is 24.6 Å². The van der Waals surface area contributed by atoms with Crippen molar-refractivity contribution in [1.29, 1.82) is 0 Å². The van der Waals surface area contributed by atoms with Gasteiger partial charge in [0.2, 0.25) is 15.6 Å². The fraction of sp³-hybridized carbons (Fsp3) is 0.333. The van der Waals surface area contributed by atoms with E-state index in [4.69, 9.17) is 0 Å². The van der Waals surface area contributed by atoms with Crippen molar-refractivity contribution in [3.63, 3.8) is 0 Å². The van der Waals surface area contributed by atoms with Gasteiger partial charge < -0.3 is 9.88 Å². The normalized spacial score (nSPS) is 16.7. The van der Waals surface area contributed by atoms with Crippen molar-refractivity contribution in [2.24, 2.45) is 0 Å². The van der Waals surface area contributed by atoms with Gasteiger partial charge in [0.05, 0.1) is 11.8 Å². The molecule has 2 aromatic rings. The van der Waals surface area contributed by atoms with Gasteiger partial charge >= 0.3 is 0 Å². The van der Waals surface area contributed by atoms with Gasteiger partial charge in [-0.05, 0) is 6.07 Å². The molecular formula is C15H17N3O4S. The Hall–Kier alpha value is -2.19. The zero-order chi connectivity index (χ0) is 16.6. The number of aromatic nitrogens is 1. The molecule has 3 rings (SSSR count). The molecule has 1 aliphatic heterocycles. The van der Waals surface area contributed by atoms with Crippen LogP contribution in [0.5, 0.6) is 0 Å². The molecule has 0 saturated carbocycles. The summed E-state index contributed by atoms with van der Waals surface area (Å²) < 4.78 is 24.4. The minimum Gasteiger partial charge on any atom is -0.336 e. The second kappa shape index (κ2) is 5.78. The van der Waals surface area contributed by atoms with Crippen molar-refractivity contribution in [3.8, 4) is 0 Å². The quantitative estimate of drug-likeness (QED) is 0.851. The predicted octanol–water partition coefficient (Wildman–Crippen LogP) is 0.246. The van der Waals surface area contributed by atoms with Crippen LogP contribution in [0.3, 0.4) is 0 Å². The topological polar surface area (TPSA) is 90.6 Å². The number of benzene rings is 1. The highest BCUT2D eigenvalue weighted by molar-refractivity contribution is 7.88. The average molecular weight is 335 g/mol. The summed E-state index contributed by atoms with van der Waals surface area (Å²) in [6.07, 6.45) is 1.16. The van der Waals surface area contributed by atoms with E-state index in [2.05, 4.69) is 4.98 Å². The van der Waals surface area contributed by atoms with E-state index in [1.54, 1.807) is 29.2 Å². The Kier molecular flexibility index (Phi) is 3.95. The van der Waals surface area contributed by atoms with Crippen LogP contribution in [-0.4, -0.2) is 60.9 Å². The number of hydrogen-bond acceptors (Lipinski definition) is 4. The average Bonchev–Trinajstić information content (AvgIpc) is 2.52. The summed E-state index contributed by atoms with van der Waals surface area (Å²) in [5.74, 6) is -0.250. The molecule has 7 nitrogen and oxygen atoms in total. The molecule has 0 aliphatic carbocycles. The molecule has 0 bridgehead atoms. The Balaban J connectivity index is 1.89. The molecule has 1 N–H and O–H groups in total. The van der Waals surface area contributed by atoms with Crippen LogP contribution in [0, 0.1) is 0 Å². The van der Waals surface area contributed by atoms with Gasteiger partial charge in [0.15, 0.2) is 0 Å². The fourth-order valence-electron chi connectivity index (χ4n) is 2.77. The van der Waals surface area contributed by atoms with Crippen molar-refractivity contribution in [2.75, 3.05) is 32.4 Å². The lowest BCUT2D eigenvalue weighted by atomic mass is 10.1. The van der Waals surface area contributed by atoms with E-state index in [1.807, 2.05) is 0 Å². The monoisotopic (exact) mass is 335 g/mol. The summed E-state index contributed by atoms with van der Waals surface area (Å²) in [6, 6.07) is 8.42. The van der Waals surface area contributed by atoms with Crippen LogP contribution in [-0.2, 0) is 10.0 Å². The number of nitrogens with zero attached hydrogens (tertiary/aromatic N) is 2. The molecule has 0 spiro atoms. The van der Waals surface area contributed by atoms with Crippen LogP contribution in [0.4, 0.5) is 0 Å². The number of nitrogens with one attached hydrogen (secondary N) is 1. The van der Waals surface area contributed by atoms with Crippen LogP contribution >= 0.6 is 0 Å². The van der Waals surface area contributed by atoms with Crippen molar-refractivity contribution in [1.82, 2.24) is 14.2 Å². The first-order chi connectivity index (χ1) is 10.9. The highest BCUT2D eigenvalue weighted by Crippen LogP contribution is 2.18. The summed E-state index contributed by atoms with van der Waals surface area (Å²) in [7, 11) is -3.24. The summed E-state index contributed by atoms with van der Waals surface area (Å²) in [5.41, 5.74) is 0.622. The lowest BCUT2D eigenvalue weighted by molar-refractivity contribution is 0.0700. The molecule has 0 unspecified atom stereocenters. The summed E-state index contributed by atoms with van der Waals surface area (Å²) in [5, 5.41) is 0.683. The van der Waals surface area contributed by atoms with Crippen LogP contribution in [0.15, 0.2) is 35.1 Å². The van der Waals surface area contributed by atoms with Gasteiger partial charge in [0.25, 0.3) is 5.91 Å². The highest BCUT2D eigenvalue weighted by Gasteiger charge is 2.27. The third-order valence-electron chi connectivity index (χ3n) is 3.98. The number of fused-ring (bicyclic) bond motifs is 1. The Morgan fingerprint density at radius 3 is 2.43 bits per heavy atom. The number of hydrogen-bond donors (Lipinski definition) is 1. The standard InChI is InChI=1S/C15H17N3O4S/c1-23(21,22)18-8-6-17(7-9-18)15(20)12-10-14(19)16-13-5-3-2-4-11(12)13/h2-5,10H,6-9H2,1H3,(H,16,19). The van der Waals surface area contributed by atoms with E-state index < -0.39 is 10.0 Å². The molecule has 1 aliphatic rings. The molecule has 122 valence electrons. The Bertz CT molecular complexity index is 912. The molecule has 0 radical (unpaired) electrons. The van der Waals surface area contributed by atoms with E-state index in [9.17, 15) is 18.0 Å². The van der Waals surface area contributed by atoms with Gasteiger partial charge in [0.1, 0.15) is 0 Å². The minimum atomic E-state index is -3.24. The fourth-order valence-corrected chi connectivity index (χ4v) is 3.60. The van der Waals surface area contributed by atoms with Crippen molar-refractivity contribution >= 4 is 26.8 Å². The zero-order valence-corrected chi connectivity index (χ0v) is 13.5. The van der Waals surface area contributed by atoms with Gasteiger partial charge in [0, 0.05) is 43.1 Å². The Morgan fingerprint density at radius 2 is 1.78 bits per heavy atom. The number of carbonyl (C=O) groups excluding carboxylic acids is 1. The van der Waals surface area contributed by atoms with E-state index in [0.29, 0.717) is 29.6 Å². The molecule has 1 saturated heterocycles. The maximum Gasteiger partial charge on any atom is 0.254 e.